The molecule has 0 radical (unpaired) electrons. The molecule has 0 aromatic heterocycles. The summed E-state index contributed by atoms with van der Waals surface area (Å²) >= 11 is 6.23. The first-order chi connectivity index (χ1) is 23.0. The van der Waals surface area contributed by atoms with Crippen molar-refractivity contribution in [1.82, 2.24) is 0 Å². The van der Waals surface area contributed by atoms with E-state index >= 15 is 4.79 Å². The van der Waals surface area contributed by atoms with Gasteiger partial charge in [-0.25, -0.2) is 4.79 Å². The summed E-state index contributed by atoms with van der Waals surface area (Å²) in [6, 6.07) is 39.0. The molecule has 8 rings (SSSR count). The van der Waals surface area contributed by atoms with Gasteiger partial charge in [-0.1, -0.05) is 121 Å². The predicted octanol–water partition coefficient (Wildman–Crippen LogP) is 7.65. The fourth-order valence-electron chi connectivity index (χ4n) is 7.66. The average molecular weight is 637 g/mol. The van der Waals surface area contributed by atoms with Crippen LogP contribution in [0.3, 0.4) is 0 Å². The Morgan fingerprint density at radius 1 is 0.766 bits per heavy atom. The summed E-state index contributed by atoms with van der Waals surface area (Å²) < 4.78 is 6.52. The topological polar surface area (TPSA) is 75.7 Å². The van der Waals surface area contributed by atoms with Gasteiger partial charge in [-0.15, -0.1) is 0 Å². The highest BCUT2D eigenvalue weighted by atomic mass is 35.5. The van der Waals surface area contributed by atoms with Crippen LogP contribution in [0.5, 0.6) is 0 Å². The number of carbonyl (C=O) groups excluding carboxylic acids is 3. The van der Waals surface area contributed by atoms with Crippen LogP contribution in [0, 0.1) is 5.92 Å². The molecule has 5 aromatic carbocycles. The van der Waals surface area contributed by atoms with Crippen molar-refractivity contribution in [3.8, 4) is 0 Å². The molecular weight excluding hydrogens is 608 g/mol. The lowest BCUT2D eigenvalue weighted by Gasteiger charge is -2.37. The summed E-state index contributed by atoms with van der Waals surface area (Å²) in [4.78, 5) is 46.5. The Morgan fingerprint density at radius 3 is 2.09 bits per heavy atom. The number of nitrogens with zero attached hydrogens (tertiary/aromatic N) is 1. The number of ether oxygens (including phenoxy) is 1. The standard InChI is InChI=1S/C40H29ClN2O4/c41-29-22-19-26(20-23-29)36(44)34-35(38(45)47-37(27-12-3-1-4-13-27)28-14-5-2-6-15-28)43-32-18-10-7-11-25(32)21-24-33(43)40(34)30-16-8-9-17-31(30)42-39(40)46/h1-24,33-35,37H,(H,42,46)/t33-,34+,35+,40-/m1/s1. The molecule has 1 N–H and O–H groups in total. The zero-order chi connectivity index (χ0) is 32.1. The van der Waals surface area contributed by atoms with E-state index in [2.05, 4.69) is 5.32 Å². The number of anilines is 2. The number of benzene rings is 5. The highest BCUT2D eigenvalue weighted by molar-refractivity contribution is 6.30. The van der Waals surface area contributed by atoms with E-state index in [1.165, 1.54) is 0 Å². The third kappa shape index (κ3) is 4.51. The number of esters is 1. The van der Waals surface area contributed by atoms with Crippen molar-refractivity contribution in [1.29, 1.82) is 0 Å². The Bertz CT molecular complexity index is 2010. The maximum Gasteiger partial charge on any atom is 0.330 e. The van der Waals surface area contributed by atoms with E-state index in [9.17, 15) is 9.59 Å². The Kier molecular flexibility index (Phi) is 7.03. The molecule has 6 nitrogen and oxygen atoms in total. The number of halogens is 1. The molecular formula is C40H29ClN2O4. The van der Waals surface area contributed by atoms with Crippen molar-refractivity contribution < 1.29 is 19.1 Å². The van der Waals surface area contributed by atoms with Crippen molar-refractivity contribution in [3.05, 3.63) is 172 Å². The number of para-hydroxylation sites is 2. The lowest BCUT2D eigenvalue weighted by atomic mass is 9.64. The van der Waals surface area contributed by atoms with Gasteiger partial charge in [0.1, 0.15) is 11.5 Å². The highest BCUT2D eigenvalue weighted by Gasteiger charge is 2.71. The molecule has 5 aromatic rings. The average Bonchev–Trinajstić information content (AvgIpc) is 3.60. The summed E-state index contributed by atoms with van der Waals surface area (Å²) in [5, 5.41) is 3.54. The number of hydrogen-bond acceptors (Lipinski definition) is 5. The third-order valence-corrected chi connectivity index (χ3v) is 9.89. The van der Waals surface area contributed by atoms with Gasteiger partial charge in [0, 0.05) is 22.0 Å². The monoisotopic (exact) mass is 636 g/mol. The molecule has 0 unspecified atom stereocenters. The number of ketones is 1. The van der Waals surface area contributed by atoms with Crippen LogP contribution in [0.1, 0.15) is 38.7 Å². The lowest BCUT2D eigenvalue weighted by molar-refractivity contribution is -0.150. The van der Waals surface area contributed by atoms with Gasteiger partial charge in [-0.2, -0.15) is 0 Å². The van der Waals surface area contributed by atoms with E-state index in [-0.39, 0.29) is 11.7 Å². The van der Waals surface area contributed by atoms with Gasteiger partial charge in [-0.3, -0.25) is 9.59 Å². The Balaban J connectivity index is 1.35. The fraction of sp³-hybridized carbons (Fsp3) is 0.125. The number of nitrogens with one attached hydrogen (secondary N) is 1. The van der Waals surface area contributed by atoms with Crippen molar-refractivity contribution in [3.63, 3.8) is 0 Å². The quantitative estimate of drug-likeness (QED) is 0.153. The molecule has 3 aliphatic rings. The molecule has 1 fully saturated rings. The summed E-state index contributed by atoms with van der Waals surface area (Å²) in [7, 11) is 0. The molecule has 3 aliphatic heterocycles. The second-order valence-electron chi connectivity index (χ2n) is 12.1. The Morgan fingerprint density at radius 2 is 1.38 bits per heavy atom. The maximum absolute atomic E-state index is 15.0. The summed E-state index contributed by atoms with van der Waals surface area (Å²) in [5.41, 5.74) is 3.43. The smallest absolute Gasteiger partial charge is 0.330 e. The lowest BCUT2D eigenvalue weighted by Crippen LogP contribution is -2.51. The van der Waals surface area contributed by atoms with E-state index in [4.69, 9.17) is 16.3 Å². The van der Waals surface area contributed by atoms with Crippen LogP contribution in [0.4, 0.5) is 11.4 Å². The summed E-state index contributed by atoms with van der Waals surface area (Å²) in [6.45, 7) is 0. The molecule has 7 heteroatoms. The number of carbonyl (C=O) groups is 3. The highest BCUT2D eigenvalue weighted by Crippen LogP contribution is 2.58. The molecule has 1 spiro atoms. The number of amides is 1. The molecule has 1 saturated heterocycles. The van der Waals surface area contributed by atoms with Gasteiger partial charge in [0.15, 0.2) is 11.9 Å². The van der Waals surface area contributed by atoms with E-state index < -0.39 is 35.5 Å². The van der Waals surface area contributed by atoms with Crippen LogP contribution in [-0.2, 0) is 19.7 Å². The van der Waals surface area contributed by atoms with Gasteiger partial charge in [-0.05, 0) is 58.7 Å². The first kappa shape index (κ1) is 29.0. The van der Waals surface area contributed by atoms with E-state index in [1.807, 2.05) is 126 Å². The number of Topliss-reactive ketones (excluding diaryl/α,β-unsaturated/α-hetero) is 1. The van der Waals surface area contributed by atoms with Gasteiger partial charge in [0.05, 0.1) is 12.0 Å². The van der Waals surface area contributed by atoms with Crippen LogP contribution in [0.25, 0.3) is 6.08 Å². The van der Waals surface area contributed by atoms with E-state index in [0.29, 0.717) is 21.8 Å². The summed E-state index contributed by atoms with van der Waals surface area (Å²) in [6.07, 6.45) is 3.18. The second kappa shape index (κ2) is 11.4. The first-order valence-electron chi connectivity index (χ1n) is 15.5. The van der Waals surface area contributed by atoms with Crippen molar-refractivity contribution in [2.75, 3.05) is 10.2 Å². The van der Waals surface area contributed by atoms with Crippen LogP contribution in [-0.4, -0.2) is 29.7 Å². The molecule has 230 valence electrons. The zero-order valence-corrected chi connectivity index (χ0v) is 25.9. The minimum absolute atomic E-state index is 0.331. The molecule has 0 saturated carbocycles. The number of hydrogen-bond donors (Lipinski definition) is 1. The van der Waals surface area contributed by atoms with Crippen molar-refractivity contribution in [2.45, 2.75) is 23.6 Å². The Labute approximate surface area is 277 Å². The van der Waals surface area contributed by atoms with Gasteiger partial charge in [0.2, 0.25) is 5.91 Å². The van der Waals surface area contributed by atoms with Gasteiger partial charge in [0.25, 0.3) is 0 Å². The van der Waals surface area contributed by atoms with Crippen LogP contribution < -0.4 is 10.2 Å². The van der Waals surface area contributed by atoms with Crippen molar-refractivity contribution >= 4 is 46.7 Å². The summed E-state index contributed by atoms with van der Waals surface area (Å²) in [5.74, 6) is -2.42. The number of fused-ring (bicyclic) bond motifs is 6. The van der Waals surface area contributed by atoms with Crippen LogP contribution in [0.15, 0.2) is 140 Å². The first-order valence-corrected chi connectivity index (χ1v) is 15.9. The largest absolute Gasteiger partial charge is 0.451 e. The zero-order valence-electron chi connectivity index (χ0n) is 25.1. The Hall–Kier alpha value is -5.46. The van der Waals surface area contributed by atoms with E-state index in [1.54, 1.807) is 24.3 Å². The van der Waals surface area contributed by atoms with Crippen LogP contribution in [0.2, 0.25) is 5.02 Å². The second-order valence-corrected chi connectivity index (χ2v) is 12.5. The normalized spacial score (nSPS) is 22.0. The third-order valence-electron chi connectivity index (χ3n) is 9.63. The van der Waals surface area contributed by atoms with Crippen LogP contribution >= 0.6 is 11.6 Å². The molecule has 1 amide bonds. The predicted molar refractivity (Wildman–Crippen MR) is 182 cm³/mol. The molecule has 47 heavy (non-hydrogen) atoms. The van der Waals surface area contributed by atoms with Gasteiger partial charge >= 0.3 is 5.97 Å². The van der Waals surface area contributed by atoms with E-state index in [0.717, 1.165) is 22.4 Å². The van der Waals surface area contributed by atoms with Crippen molar-refractivity contribution in [2.24, 2.45) is 5.92 Å². The fourth-order valence-corrected chi connectivity index (χ4v) is 7.78. The minimum atomic E-state index is -1.43. The maximum atomic E-state index is 15.0. The molecule has 0 bridgehead atoms. The molecule has 0 aliphatic carbocycles. The van der Waals surface area contributed by atoms with Gasteiger partial charge < -0.3 is 15.0 Å². The SMILES string of the molecule is O=C(OC(c1ccccc1)c1ccccc1)[C@@H]1[C@@H](C(=O)c2ccc(Cl)cc2)[C@]2(C(=O)Nc3ccccc32)[C@H]2C=Cc3ccccc3N12. The minimum Gasteiger partial charge on any atom is -0.451 e. The molecule has 4 atom stereocenters. The molecule has 3 heterocycles. The number of rotatable bonds is 6.